The number of nitrogens with zero attached hydrogens (tertiary/aromatic N) is 1. The minimum atomic E-state index is -0.0350. The van der Waals surface area contributed by atoms with Crippen LogP contribution in [0.25, 0.3) is 0 Å². The Morgan fingerprint density at radius 1 is 1.05 bits per heavy atom. The van der Waals surface area contributed by atoms with Gasteiger partial charge in [0.2, 0.25) is 11.8 Å². The average Bonchev–Trinajstić information content (AvgIpc) is 2.98. The molecule has 21 heavy (non-hydrogen) atoms. The van der Waals surface area contributed by atoms with E-state index in [1.165, 1.54) is 38.5 Å². The molecule has 3 saturated heterocycles. The van der Waals surface area contributed by atoms with Crippen LogP contribution in [0.4, 0.5) is 0 Å². The van der Waals surface area contributed by atoms with E-state index < -0.39 is 0 Å². The van der Waals surface area contributed by atoms with Crippen LogP contribution in [0.3, 0.4) is 0 Å². The molecule has 3 atom stereocenters. The smallest absolute Gasteiger partial charge is 0.230 e. The van der Waals surface area contributed by atoms with Gasteiger partial charge in [-0.3, -0.25) is 14.9 Å². The van der Waals surface area contributed by atoms with Gasteiger partial charge in [0.15, 0.2) is 0 Å². The fourth-order valence-corrected chi connectivity index (χ4v) is 5.97. The lowest BCUT2D eigenvalue weighted by Gasteiger charge is -2.52. The van der Waals surface area contributed by atoms with Crippen molar-refractivity contribution in [2.75, 3.05) is 7.05 Å². The average molecular weight is 290 g/mol. The molecule has 1 spiro atoms. The zero-order chi connectivity index (χ0) is 14.6. The third-order valence-electron chi connectivity index (χ3n) is 6.86. The maximum atomic E-state index is 12.6. The second-order valence-corrected chi connectivity index (χ2v) is 7.93. The summed E-state index contributed by atoms with van der Waals surface area (Å²) in [7, 11) is 2.23. The maximum absolute atomic E-state index is 12.6. The largest absolute Gasteiger partial charge is 0.300 e. The highest BCUT2D eigenvalue weighted by atomic mass is 16.2. The van der Waals surface area contributed by atoms with Crippen molar-refractivity contribution in [2.24, 2.45) is 17.3 Å². The van der Waals surface area contributed by atoms with Crippen molar-refractivity contribution in [1.29, 1.82) is 0 Å². The number of hydrogen-bond acceptors (Lipinski definition) is 3. The lowest BCUT2D eigenvalue weighted by Crippen LogP contribution is -2.59. The first-order valence-electron chi connectivity index (χ1n) is 8.65. The van der Waals surface area contributed by atoms with Gasteiger partial charge in [-0.05, 0) is 56.9 Å². The number of piperidine rings is 2. The van der Waals surface area contributed by atoms with E-state index in [0.717, 1.165) is 12.8 Å². The van der Waals surface area contributed by atoms with Gasteiger partial charge >= 0.3 is 0 Å². The van der Waals surface area contributed by atoms with E-state index in [-0.39, 0.29) is 23.1 Å². The molecule has 3 heterocycles. The SMILES string of the molecule is CN1C2CCC1CC1(CC(=O)NC(=O)C1C1CCCC1)C2. The standard InChI is InChI=1S/C17H26N2O2/c1-19-12-6-7-13(19)9-17(8-12)10-14(20)18-16(21)15(17)11-4-2-3-5-11/h11-13,15H,2-10H2,1H3,(H,18,20,21). The van der Waals surface area contributed by atoms with E-state index in [9.17, 15) is 9.59 Å². The molecule has 0 aromatic rings. The van der Waals surface area contributed by atoms with Crippen molar-refractivity contribution < 1.29 is 9.59 Å². The third kappa shape index (κ3) is 2.06. The molecule has 2 amide bonds. The monoisotopic (exact) mass is 290 g/mol. The van der Waals surface area contributed by atoms with Crippen molar-refractivity contribution in [2.45, 2.75) is 69.9 Å². The summed E-state index contributed by atoms with van der Waals surface area (Å²) in [6.07, 6.45) is 10.1. The number of fused-ring (bicyclic) bond motifs is 2. The Morgan fingerprint density at radius 3 is 2.29 bits per heavy atom. The van der Waals surface area contributed by atoms with Crippen LogP contribution in [0.2, 0.25) is 0 Å². The molecular weight excluding hydrogens is 264 g/mol. The zero-order valence-corrected chi connectivity index (χ0v) is 12.9. The van der Waals surface area contributed by atoms with Crippen molar-refractivity contribution in [3.63, 3.8) is 0 Å². The van der Waals surface area contributed by atoms with Gasteiger partial charge in [-0.25, -0.2) is 0 Å². The Kier molecular flexibility index (Phi) is 3.14. The normalized spacial score (nSPS) is 44.5. The molecule has 4 heteroatoms. The molecule has 4 fully saturated rings. The summed E-state index contributed by atoms with van der Waals surface area (Å²) in [6.45, 7) is 0. The topological polar surface area (TPSA) is 49.4 Å². The Balaban J connectivity index is 1.69. The summed E-state index contributed by atoms with van der Waals surface area (Å²) in [5, 5.41) is 2.65. The summed E-state index contributed by atoms with van der Waals surface area (Å²) >= 11 is 0. The Labute approximate surface area is 126 Å². The van der Waals surface area contributed by atoms with Crippen LogP contribution in [0.15, 0.2) is 0 Å². The summed E-state index contributed by atoms with van der Waals surface area (Å²) in [4.78, 5) is 27.2. The molecule has 116 valence electrons. The maximum Gasteiger partial charge on any atom is 0.230 e. The molecule has 4 aliphatic rings. The molecule has 0 radical (unpaired) electrons. The lowest BCUT2D eigenvalue weighted by molar-refractivity contribution is -0.151. The van der Waals surface area contributed by atoms with Crippen LogP contribution in [-0.2, 0) is 9.59 Å². The fraction of sp³-hybridized carbons (Fsp3) is 0.882. The highest BCUT2D eigenvalue weighted by Crippen LogP contribution is 2.56. The van der Waals surface area contributed by atoms with Gasteiger partial charge in [-0.2, -0.15) is 0 Å². The summed E-state index contributed by atoms with van der Waals surface area (Å²) in [6, 6.07) is 1.18. The predicted molar refractivity (Wildman–Crippen MR) is 79.5 cm³/mol. The predicted octanol–water partition coefficient (Wildman–Crippen LogP) is 2.08. The highest BCUT2D eigenvalue weighted by Gasteiger charge is 2.57. The van der Waals surface area contributed by atoms with Gasteiger partial charge in [0.05, 0.1) is 0 Å². The number of nitrogens with one attached hydrogen (secondary N) is 1. The van der Waals surface area contributed by atoms with Crippen LogP contribution in [0.5, 0.6) is 0 Å². The van der Waals surface area contributed by atoms with Crippen molar-refractivity contribution in [3.8, 4) is 0 Å². The van der Waals surface area contributed by atoms with Crippen LogP contribution < -0.4 is 5.32 Å². The first kappa shape index (κ1) is 13.7. The summed E-state index contributed by atoms with van der Waals surface area (Å²) in [5.74, 6) is 0.621. The number of rotatable bonds is 1. The van der Waals surface area contributed by atoms with Gasteiger partial charge in [0.1, 0.15) is 0 Å². The lowest BCUT2D eigenvalue weighted by atomic mass is 9.58. The van der Waals surface area contributed by atoms with E-state index in [2.05, 4.69) is 17.3 Å². The Morgan fingerprint density at radius 2 is 1.67 bits per heavy atom. The quantitative estimate of drug-likeness (QED) is 0.752. The molecule has 4 nitrogen and oxygen atoms in total. The van der Waals surface area contributed by atoms with Gasteiger partial charge in [0.25, 0.3) is 0 Å². The van der Waals surface area contributed by atoms with Gasteiger partial charge in [0, 0.05) is 24.4 Å². The van der Waals surface area contributed by atoms with Gasteiger partial charge in [-0.15, -0.1) is 0 Å². The first-order valence-corrected chi connectivity index (χ1v) is 8.65. The van der Waals surface area contributed by atoms with Gasteiger partial charge in [-0.1, -0.05) is 12.8 Å². The molecule has 3 unspecified atom stereocenters. The van der Waals surface area contributed by atoms with E-state index in [0.29, 0.717) is 24.4 Å². The second kappa shape index (κ2) is 4.80. The first-order chi connectivity index (χ1) is 10.1. The summed E-state index contributed by atoms with van der Waals surface area (Å²) in [5.41, 5.74) is -0.0350. The second-order valence-electron chi connectivity index (χ2n) is 7.93. The molecule has 0 aromatic carbocycles. The van der Waals surface area contributed by atoms with Crippen molar-refractivity contribution in [3.05, 3.63) is 0 Å². The van der Waals surface area contributed by atoms with Crippen molar-refractivity contribution >= 4 is 11.8 Å². The zero-order valence-electron chi connectivity index (χ0n) is 12.9. The van der Waals surface area contributed by atoms with E-state index in [1.54, 1.807) is 0 Å². The van der Waals surface area contributed by atoms with E-state index >= 15 is 0 Å². The van der Waals surface area contributed by atoms with Crippen LogP contribution in [0.1, 0.15) is 57.8 Å². The van der Waals surface area contributed by atoms with Crippen LogP contribution >= 0.6 is 0 Å². The minimum Gasteiger partial charge on any atom is -0.300 e. The molecule has 1 saturated carbocycles. The van der Waals surface area contributed by atoms with Crippen LogP contribution in [-0.4, -0.2) is 35.8 Å². The molecule has 1 aliphatic carbocycles. The molecule has 3 aliphatic heterocycles. The number of imide groups is 1. The van der Waals surface area contributed by atoms with Crippen molar-refractivity contribution in [1.82, 2.24) is 10.2 Å². The number of amides is 2. The molecule has 4 rings (SSSR count). The van der Waals surface area contributed by atoms with Crippen LogP contribution in [0, 0.1) is 17.3 Å². The van der Waals surface area contributed by atoms with E-state index in [4.69, 9.17) is 0 Å². The van der Waals surface area contributed by atoms with E-state index in [1.807, 2.05) is 0 Å². The molecular formula is C17H26N2O2. The fourth-order valence-electron chi connectivity index (χ4n) is 5.97. The number of carbonyl (C=O) groups is 2. The third-order valence-corrected chi connectivity index (χ3v) is 6.86. The summed E-state index contributed by atoms with van der Waals surface area (Å²) < 4.78 is 0. The number of carbonyl (C=O) groups excluding carboxylic acids is 2. The molecule has 1 N–H and O–H groups in total. The molecule has 2 bridgehead atoms. The Hall–Kier alpha value is -0.900. The minimum absolute atomic E-state index is 0.0294. The highest BCUT2D eigenvalue weighted by molar-refractivity contribution is 6.00. The Bertz CT molecular complexity index is 455. The van der Waals surface area contributed by atoms with Gasteiger partial charge < -0.3 is 4.90 Å². The molecule has 0 aromatic heterocycles. The number of hydrogen-bond donors (Lipinski definition) is 1.